The van der Waals surface area contributed by atoms with Gasteiger partial charge < -0.3 is 15.4 Å². The van der Waals surface area contributed by atoms with Crippen LogP contribution in [0.1, 0.15) is 12.8 Å². The molecule has 1 saturated heterocycles. The van der Waals surface area contributed by atoms with Gasteiger partial charge in [0.15, 0.2) is 5.75 Å². The molecule has 1 fully saturated rings. The van der Waals surface area contributed by atoms with Crippen molar-refractivity contribution in [1.82, 2.24) is 5.32 Å². The minimum Gasteiger partial charge on any atom is -0.455 e. The molecular formula is C18H21ClN2O2. The number of carbonyl (C=O) groups is 1. The first-order valence-electron chi connectivity index (χ1n) is 7.66. The molecule has 4 nitrogen and oxygen atoms in total. The number of piperidine rings is 1. The second-order valence-electron chi connectivity index (χ2n) is 5.44. The van der Waals surface area contributed by atoms with Gasteiger partial charge in [-0.25, -0.2) is 0 Å². The van der Waals surface area contributed by atoms with Crippen molar-refractivity contribution in [2.75, 3.05) is 18.4 Å². The zero-order valence-corrected chi connectivity index (χ0v) is 13.6. The summed E-state index contributed by atoms with van der Waals surface area (Å²) in [6.07, 6.45) is 1.97. The fraction of sp³-hybridized carbons (Fsp3) is 0.278. The number of benzene rings is 2. The van der Waals surface area contributed by atoms with Crippen molar-refractivity contribution in [2.45, 2.75) is 12.8 Å². The van der Waals surface area contributed by atoms with Crippen LogP contribution in [0.15, 0.2) is 54.6 Å². The fourth-order valence-corrected chi connectivity index (χ4v) is 2.58. The molecule has 2 aromatic carbocycles. The summed E-state index contributed by atoms with van der Waals surface area (Å²) >= 11 is 0. The molecule has 0 saturated carbocycles. The minimum absolute atomic E-state index is 0. The van der Waals surface area contributed by atoms with Gasteiger partial charge in [0.05, 0.1) is 11.6 Å². The average molecular weight is 333 g/mol. The van der Waals surface area contributed by atoms with E-state index in [1.807, 2.05) is 54.6 Å². The second-order valence-corrected chi connectivity index (χ2v) is 5.44. The first-order chi connectivity index (χ1) is 10.8. The summed E-state index contributed by atoms with van der Waals surface area (Å²) in [6, 6.07) is 17.1. The Labute approximate surface area is 142 Å². The lowest BCUT2D eigenvalue weighted by Crippen LogP contribution is -2.37. The normalized spacial score (nSPS) is 17.0. The van der Waals surface area contributed by atoms with E-state index in [0.29, 0.717) is 11.4 Å². The van der Waals surface area contributed by atoms with Gasteiger partial charge in [0.2, 0.25) is 5.91 Å². The van der Waals surface area contributed by atoms with E-state index in [2.05, 4.69) is 10.6 Å². The maximum Gasteiger partial charge on any atom is 0.228 e. The van der Waals surface area contributed by atoms with Crippen LogP contribution < -0.4 is 15.4 Å². The van der Waals surface area contributed by atoms with Gasteiger partial charge in [-0.3, -0.25) is 4.79 Å². The molecule has 0 aliphatic carbocycles. The average Bonchev–Trinajstić information content (AvgIpc) is 2.58. The van der Waals surface area contributed by atoms with Crippen LogP contribution >= 0.6 is 12.4 Å². The van der Waals surface area contributed by atoms with Crippen molar-refractivity contribution >= 4 is 24.0 Å². The van der Waals surface area contributed by atoms with Crippen LogP contribution in [-0.2, 0) is 4.79 Å². The second kappa shape index (κ2) is 8.56. The third-order valence-electron chi connectivity index (χ3n) is 3.78. The standard InChI is InChI=1S/C18H20N2O2.ClH/c21-18(14-7-6-12-19-13-14)20-16-10-4-5-11-17(16)22-15-8-2-1-3-9-15;/h1-5,8-11,14,19H,6-7,12-13H2,(H,20,21);1H/t14-;/m1./s1. The third kappa shape index (κ3) is 4.71. The van der Waals surface area contributed by atoms with Gasteiger partial charge in [0.25, 0.3) is 0 Å². The van der Waals surface area contributed by atoms with Gasteiger partial charge in [0, 0.05) is 6.54 Å². The van der Waals surface area contributed by atoms with E-state index in [1.54, 1.807) is 0 Å². The maximum absolute atomic E-state index is 12.4. The Morgan fingerprint density at radius 3 is 2.57 bits per heavy atom. The molecule has 1 amide bonds. The highest BCUT2D eigenvalue weighted by Crippen LogP contribution is 2.29. The van der Waals surface area contributed by atoms with Gasteiger partial charge in [-0.2, -0.15) is 0 Å². The number of amides is 1. The zero-order chi connectivity index (χ0) is 15.2. The van der Waals surface area contributed by atoms with Crippen molar-refractivity contribution in [3.63, 3.8) is 0 Å². The quantitative estimate of drug-likeness (QED) is 0.894. The van der Waals surface area contributed by atoms with E-state index in [1.165, 1.54) is 0 Å². The summed E-state index contributed by atoms with van der Waals surface area (Å²) in [5.74, 6) is 1.49. The Bertz CT molecular complexity index is 628. The molecule has 1 heterocycles. The lowest BCUT2D eigenvalue weighted by molar-refractivity contribution is -0.120. The van der Waals surface area contributed by atoms with Crippen molar-refractivity contribution in [3.05, 3.63) is 54.6 Å². The summed E-state index contributed by atoms with van der Waals surface area (Å²) < 4.78 is 5.87. The van der Waals surface area contributed by atoms with Gasteiger partial charge in [0.1, 0.15) is 5.75 Å². The highest BCUT2D eigenvalue weighted by Gasteiger charge is 2.21. The molecule has 0 radical (unpaired) electrons. The van der Waals surface area contributed by atoms with Crippen LogP contribution in [0, 0.1) is 5.92 Å². The lowest BCUT2D eigenvalue weighted by Gasteiger charge is -2.22. The summed E-state index contributed by atoms with van der Waals surface area (Å²) in [7, 11) is 0. The van der Waals surface area contributed by atoms with E-state index < -0.39 is 0 Å². The molecule has 0 unspecified atom stereocenters. The molecule has 0 aromatic heterocycles. The zero-order valence-electron chi connectivity index (χ0n) is 12.8. The molecule has 2 aromatic rings. The number of para-hydroxylation sites is 3. The first-order valence-corrected chi connectivity index (χ1v) is 7.66. The highest BCUT2D eigenvalue weighted by molar-refractivity contribution is 5.94. The minimum atomic E-state index is 0. The number of anilines is 1. The smallest absolute Gasteiger partial charge is 0.228 e. The van der Waals surface area contributed by atoms with Crippen LogP contribution in [0.3, 0.4) is 0 Å². The van der Waals surface area contributed by atoms with E-state index in [0.717, 1.165) is 31.7 Å². The number of hydrogen-bond donors (Lipinski definition) is 2. The molecule has 23 heavy (non-hydrogen) atoms. The van der Waals surface area contributed by atoms with Crippen molar-refractivity contribution in [2.24, 2.45) is 5.92 Å². The molecule has 1 aliphatic heterocycles. The van der Waals surface area contributed by atoms with E-state index in [4.69, 9.17) is 4.74 Å². The lowest BCUT2D eigenvalue weighted by atomic mass is 9.99. The van der Waals surface area contributed by atoms with Crippen LogP contribution in [0.25, 0.3) is 0 Å². The van der Waals surface area contributed by atoms with Crippen molar-refractivity contribution in [1.29, 1.82) is 0 Å². The third-order valence-corrected chi connectivity index (χ3v) is 3.78. The Kier molecular flexibility index (Phi) is 6.44. The molecule has 0 bridgehead atoms. The molecule has 1 aliphatic rings. The molecule has 3 rings (SSSR count). The number of nitrogens with one attached hydrogen (secondary N) is 2. The highest BCUT2D eigenvalue weighted by atomic mass is 35.5. The topological polar surface area (TPSA) is 50.4 Å². The molecule has 1 atom stereocenters. The van der Waals surface area contributed by atoms with Crippen LogP contribution in [0.2, 0.25) is 0 Å². The largest absolute Gasteiger partial charge is 0.455 e. The maximum atomic E-state index is 12.4. The number of rotatable bonds is 4. The first kappa shape index (κ1) is 17.3. The Morgan fingerprint density at radius 2 is 1.83 bits per heavy atom. The van der Waals surface area contributed by atoms with E-state index in [-0.39, 0.29) is 24.2 Å². The number of carbonyl (C=O) groups excluding carboxylic acids is 1. The number of ether oxygens (including phenoxy) is 1. The number of hydrogen-bond acceptors (Lipinski definition) is 3. The van der Waals surface area contributed by atoms with Gasteiger partial charge >= 0.3 is 0 Å². The van der Waals surface area contributed by atoms with Crippen LogP contribution in [0.4, 0.5) is 5.69 Å². The summed E-state index contributed by atoms with van der Waals surface area (Å²) in [6.45, 7) is 1.74. The Balaban J connectivity index is 0.00000192. The molecule has 5 heteroatoms. The number of halogens is 1. The predicted octanol–water partition coefficient (Wildman–Crippen LogP) is 3.84. The molecule has 2 N–H and O–H groups in total. The molecular weight excluding hydrogens is 312 g/mol. The summed E-state index contributed by atoms with van der Waals surface area (Å²) in [5, 5.41) is 6.26. The Morgan fingerprint density at radius 1 is 1.09 bits per heavy atom. The van der Waals surface area contributed by atoms with Gasteiger partial charge in [-0.1, -0.05) is 30.3 Å². The van der Waals surface area contributed by atoms with Gasteiger partial charge in [-0.15, -0.1) is 12.4 Å². The van der Waals surface area contributed by atoms with Crippen molar-refractivity contribution < 1.29 is 9.53 Å². The molecule has 0 spiro atoms. The Hall–Kier alpha value is -2.04. The van der Waals surface area contributed by atoms with Crippen molar-refractivity contribution in [3.8, 4) is 11.5 Å². The van der Waals surface area contributed by atoms with E-state index >= 15 is 0 Å². The van der Waals surface area contributed by atoms with E-state index in [9.17, 15) is 4.79 Å². The summed E-state index contributed by atoms with van der Waals surface area (Å²) in [4.78, 5) is 12.4. The monoisotopic (exact) mass is 332 g/mol. The van der Waals surface area contributed by atoms with Crippen LogP contribution in [-0.4, -0.2) is 19.0 Å². The predicted molar refractivity (Wildman–Crippen MR) is 94.4 cm³/mol. The SMILES string of the molecule is Cl.O=C(Nc1ccccc1Oc1ccccc1)[C@@H]1CCCNC1. The fourth-order valence-electron chi connectivity index (χ4n) is 2.58. The summed E-state index contributed by atoms with van der Waals surface area (Å²) in [5.41, 5.74) is 0.710. The molecule has 122 valence electrons. The van der Waals surface area contributed by atoms with Crippen LogP contribution in [0.5, 0.6) is 11.5 Å². The van der Waals surface area contributed by atoms with Gasteiger partial charge in [-0.05, 0) is 43.7 Å².